The minimum Gasteiger partial charge on any atom is -0.466 e. The third-order valence-corrected chi connectivity index (χ3v) is 3.43. The largest absolute Gasteiger partial charge is 0.466 e. The SMILES string of the molecule is CCOC(=O)CC(=O)[C@@H]1CN1[C@@H](C)c1ccccc1. The second-order valence-corrected chi connectivity index (χ2v) is 4.75. The Bertz CT molecular complexity index is 458. The molecule has 1 aliphatic rings. The van der Waals surface area contributed by atoms with Crippen LogP contribution in [0.4, 0.5) is 0 Å². The maximum absolute atomic E-state index is 11.9. The molecule has 0 aliphatic carbocycles. The Labute approximate surface area is 113 Å². The predicted octanol–water partition coefficient (Wildman–Crippen LogP) is 1.95. The van der Waals surface area contributed by atoms with E-state index in [9.17, 15) is 9.59 Å². The molecule has 0 bridgehead atoms. The summed E-state index contributed by atoms with van der Waals surface area (Å²) in [6.07, 6.45) is -0.115. The summed E-state index contributed by atoms with van der Waals surface area (Å²) in [4.78, 5) is 25.3. The lowest BCUT2D eigenvalue weighted by Crippen LogP contribution is -2.20. The van der Waals surface area contributed by atoms with E-state index in [4.69, 9.17) is 4.74 Å². The number of ketones is 1. The summed E-state index contributed by atoms with van der Waals surface area (Å²) in [5.74, 6) is -0.465. The highest BCUT2D eigenvalue weighted by atomic mass is 16.5. The summed E-state index contributed by atoms with van der Waals surface area (Å²) in [5.41, 5.74) is 1.19. The number of carbonyl (C=O) groups excluding carboxylic acids is 2. The van der Waals surface area contributed by atoms with Gasteiger partial charge in [0.05, 0.1) is 12.6 Å². The second-order valence-electron chi connectivity index (χ2n) is 4.75. The van der Waals surface area contributed by atoms with Crippen LogP contribution in [0.2, 0.25) is 0 Å². The van der Waals surface area contributed by atoms with E-state index in [-0.39, 0.29) is 24.3 Å². The van der Waals surface area contributed by atoms with Crippen LogP contribution in [0, 0.1) is 0 Å². The Morgan fingerprint density at radius 3 is 2.68 bits per heavy atom. The predicted molar refractivity (Wildman–Crippen MR) is 71.6 cm³/mol. The highest BCUT2D eigenvalue weighted by molar-refractivity contribution is 6.00. The maximum atomic E-state index is 11.9. The summed E-state index contributed by atoms with van der Waals surface area (Å²) >= 11 is 0. The monoisotopic (exact) mass is 261 g/mol. The van der Waals surface area contributed by atoms with E-state index in [1.165, 1.54) is 5.56 Å². The first-order chi connectivity index (χ1) is 9.13. The summed E-state index contributed by atoms with van der Waals surface area (Å²) in [6.45, 7) is 4.87. The lowest BCUT2D eigenvalue weighted by Gasteiger charge is -2.13. The van der Waals surface area contributed by atoms with Gasteiger partial charge in [0.15, 0.2) is 5.78 Å². The van der Waals surface area contributed by atoms with Crippen molar-refractivity contribution >= 4 is 11.8 Å². The zero-order chi connectivity index (χ0) is 13.8. The van der Waals surface area contributed by atoms with Crippen molar-refractivity contribution in [3.8, 4) is 0 Å². The summed E-state index contributed by atoms with van der Waals surface area (Å²) in [6, 6.07) is 10.1. The van der Waals surface area contributed by atoms with E-state index in [0.717, 1.165) is 6.54 Å². The van der Waals surface area contributed by atoms with Crippen molar-refractivity contribution in [2.75, 3.05) is 13.2 Å². The molecule has 4 heteroatoms. The maximum Gasteiger partial charge on any atom is 0.313 e. The Morgan fingerprint density at radius 2 is 2.05 bits per heavy atom. The van der Waals surface area contributed by atoms with Crippen molar-refractivity contribution in [1.29, 1.82) is 0 Å². The number of benzene rings is 1. The van der Waals surface area contributed by atoms with Crippen LogP contribution in [0.25, 0.3) is 0 Å². The number of Topliss-reactive ketones (excluding diaryl/α,β-unsaturated/α-hetero) is 1. The van der Waals surface area contributed by atoms with Gasteiger partial charge in [-0.05, 0) is 19.4 Å². The average molecular weight is 261 g/mol. The molecule has 0 spiro atoms. The van der Waals surface area contributed by atoms with Crippen LogP contribution in [0.5, 0.6) is 0 Å². The van der Waals surface area contributed by atoms with Gasteiger partial charge >= 0.3 is 5.97 Å². The van der Waals surface area contributed by atoms with Crippen LogP contribution in [0.3, 0.4) is 0 Å². The minimum absolute atomic E-state index is 0.0405. The molecule has 1 unspecified atom stereocenters. The fourth-order valence-corrected chi connectivity index (χ4v) is 2.26. The van der Waals surface area contributed by atoms with Crippen molar-refractivity contribution in [3.05, 3.63) is 35.9 Å². The fraction of sp³-hybridized carbons (Fsp3) is 0.467. The Kier molecular flexibility index (Phi) is 4.32. The first-order valence-corrected chi connectivity index (χ1v) is 6.62. The molecule has 1 aromatic carbocycles. The molecule has 2 rings (SSSR count). The van der Waals surface area contributed by atoms with E-state index < -0.39 is 5.97 Å². The minimum atomic E-state index is -0.424. The molecule has 1 heterocycles. The number of esters is 1. The molecule has 3 atom stereocenters. The van der Waals surface area contributed by atoms with E-state index in [0.29, 0.717) is 6.61 Å². The van der Waals surface area contributed by atoms with Crippen LogP contribution >= 0.6 is 0 Å². The van der Waals surface area contributed by atoms with Gasteiger partial charge in [-0.15, -0.1) is 0 Å². The van der Waals surface area contributed by atoms with Gasteiger partial charge in [0.2, 0.25) is 0 Å². The van der Waals surface area contributed by atoms with Crippen LogP contribution in [-0.4, -0.2) is 35.8 Å². The molecule has 0 radical (unpaired) electrons. The van der Waals surface area contributed by atoms with Gasteiger partial charge in [-0.25, -0.2) is 0 Å². The normalized spacial score (nSPS) is 22.6. The molecule has 1 fully saturated rings. The molecular formula is C15H19NO3. The van der Waals surface area contributed by atoms with E-state index in [1.807, 2.05) is 18.2 Å². The van der Waals surface area contributed by atoms with Crippen LogP contribution in [-0.2, 0) is 14.3 Å². The highest BCUT2D eigenvalue weighted by Gasteiger charge is 2.43. The Morgan fingerprint density at radius 1 is 1.37 bits per heavy atom. The van der Waals surface area contributed by atoms with Crippen molar-refractivity contribution in [2.45, 2.75) is 32.4 Å². The molecule has 0 N–H and O–H groups in total. The summed E-state index contributed by atoms with van der Waals surface area (Å²) in [5, 5.41) is 0. The first kappa shape index (κ1) is 13.7. The van der Waals surface area contributed by atoms with E-state index >= 15 is 0 Å². The van der Waals surface area contributed by atoms with Gasteiger partial charge in [0.1, 0.15) is 6.42 Å². The fourth-order valence-electron chi connectivity index (χ4n) is 2.26. The van der Waals surface area contributed by atoms with Crippen molar-refractivity contribution in [2.24, 2.45) is 0 Å². The van der Waals surface area contributed by atoms with Crippen molar-refractivity contribution < 1.29 is 14.3 Å². The number of rotatable bonds is 6. The zero-order valence-electron chi connectivity index (χ0n) is 11.3. The number of ether oxygens (including phenoxy) is 1. The Balaban J connectivity index is 1.87. The summed E-state index contributed by atoms with van der Waals surface area (Å²) < 4.78 is 4.79. The molecule has 102 valence electrons. The molecule has 4 nitrogen and oxygen atoms in total. The average Bonchev–Trinajstić information content (AvgIpc) is 3.19. The molecule has 0 aromatic heterocycles. The van der Waals surface area contributed by atoms with Gasteiger partial charge in [0, 0.05) is 12.6 Å². The molecule has 0 saturated carbocycles. The Hall–Kier alpha value is -1.68. The van der Waals surface area contributed by atoms with Crippen molar-refractivity contribution in [1.82, 2.24) is 4.90 Å². The van der Waals surface area contributed by atoms with Gasteiger partial charge in [-0.2, -0.15) is 0 Å². The summed E-state index contributed by atoms with van der Waals surface area (Å²) in [7, 11) is 0. The lowest BCUT2D eigenvalue weighted by molar-refractivity contribution is -0.145. The van der Waals surface area contributed by atoms with Gasteiger partial charge < -0.3 is 4.74 Å². The van der Waals surface area contributed by atoms with E-state index in [2.05, 4.69) is 24.0 Å². The number of carbonyl (C=O) groups is 2. The second kappa shape index (κ2) is 5.97. The van der Waals surface area contributed by atoms with Crippen LogP contribution < -0.4 is 0 Å². The number of hydrogen-bond donors (Lipinski definition) is 0. The third-order valence-electron chi connectivity index (χ3n) is 3.43. The number of nitrogens with zero attached hydrogens (tertiary/aromatic N) is 1. The van der Waals surface area contributed by atoms with Gasteiger partial charge in [-0.1, -0.05) is 30.3 Å². The van der Waals surface area contributed by atoms with Gasteiger partial charge in [-0.3, -0.25) is 14.5 Å². The molecule has 0 amide bonds. The van der Waals surface area contributed by atoms with E-state index in [1.54, 1.807) is 6.92 Å². The lowest BCUT2D eigenvalue weighted by atomic mass is 10.1. The molecule has 1 aromatic rings. The standard InChI is InChI=1S/C15H19NO3/c1-3-19-15(18)9-14(17)13-10-16(13)11(2)12-7-5-4-6-8-12/h4-8,11,13H,3,9-10H2,1-2H3/t11-,13-,16?/m0/s1. The van der Waals surface area contributed by atoms with Crippen LogP contribution in [0.1, 0.15) is 31.9 Å². The zero-order valence-corrected chi connectivity index (χ0v) is 11.3. The quantitative estimate of drug-likeness (QED) is 0.446. The third kappa shape index (κ3) is 3.41. The van der Waals surface area contributed by atoms with Crippen LogP contribution in [0.15, 0.2) is 30.3 Å². The number of hydrogen-bond acceptors (Lipinski definition) is 4. The molecule has 19 heavy (non-hydrogen) atoms. The molecule has 1 aliphatic heterocycles. The highest BCUT2D eigenvalue weighted by Crippen LogP contribution is 2.32. The topological polar surface area (TPSA) is 46.4 Å². The molecular weight excluding hydrogens is 242 g/mol. The van der Waals surface area contributed by atoms with Gasteiger partial charge in [0.25, 0.3) is 0 Å². The molecule has 1 saturated heterocycles. The smallest absolute Gasteiger partial charge is 0.313 e. The van der Waals surface area contributed by atoms with Crippen molar-refractivity contribution in [3.63, 3.8) is 0 Å². The first-order valence-electron chi connectivity index (χ1n) is 6.62.